The van der Waals surface area contributed by atoms with Crippen LogP contribution in [0.5, 0.6) is 0 Å². The van der Waals surface area contributed by atoms with Crippen molar-refractivity contribution in [1.29, 1.82) is 0 Å². The SMILES string of the molecule is Cc1ccc(C(Cl)c2ccn3c(C(F)(F)F)nnc3c2)cc1COC(=O)C(C)(C)C. The van der Waals surface area contributed by atoms with Crippen molar-refractivity contribution < 1.29 is 22.7 Å². The number of pyridine rings is 1. The molecule has 0 saturated heterocycles. The van der Waals surface area contributed by atoms with Crippen LogP contribution in [0.3, 0.4) is 0 Å². The van der Waals surface area contributed by atoms with Crippen LogP contribution in [0.4, 0.5) is 13.2 Å². The van der Waals surface area contributed by atoms with Crippen LogP contribution in [-0.4, -0.2) is 20.6 Å². The van der Waals surface area contributed by atoms with Crippen molar-refractivity contribution in [3.05, 3.63) is 64.6 Å². The summed E-state index contributed by atoms with van der Waals surface area (Å²) in [7, 11) is 0. The maximum absolute atomic E-state index is 13.0. The Morgan fingerprint density at radius 1 is 1.13 bits per heavy atom. The summed E-state index contributed by atoms with van der Waals surface area (Å²) < 4.78 is 45.2. The Labute approximate surface area is 176 Å². The highest BCUT2D eigenvalue weighted by molar-refractivity contribution is 6.22. The summed E-state index contributed by atoms with van der Waals surface area (Å²) in [5.41, 5.74) is 2.49. The third kappa shape index (κ3) is 4.59. The second-order valence-corrected chi connectivity index (χ2v) is 8.52. The van der Waals surface area contributed by atoms with Crippen LogP contribution in [0.25, 0.3) is 5.65 Å². The van der Waals surface area contributed by atoms with Crippen molar-refractivity contribution in [2.75, 3.05) is 0 Å². The van der Waals surface area contributed by atoms with Crippen LogP contribution in [0, 0.1) is 12.3 Å². The number of hydrogen-bond acceptors (Lipinski definition) is 4. The van der Waals surface area contributed by atoms with Gasteiger partial charge in [0, 0.05) is 6.20 Å². The molecule has 160 valence electrons. The molecule has 5 nitrogen and oxygen atoms in total. The minimum atomic E-state index is -4.60. The van der Waals surface area contributed by atoms with Crippen molar-refractivity contribution in [2.24, 2.45) is 5.41 Å². The topological polar surface area (TPSA) is 56.5 Å². The summed E-state index contributed by atoms with van der Waals surface area (Å²) in [6.45, 7) is 7.33. The van der Waals surface area contributed by atoms with Gasteiger partial charge >= 0.3 is 12.1 Å². The number of esters is 1. The molecule has 0 N–H and O–H groups in total. The molecule has 2 heterocycles. The minimum absolute atomic E-state index is 0.0527. The van der Waals surface area contributed by atoms with Gasteiger partial charge in [-0.25, -0.2) is 0 Å². The van der Waals surface area contributed by atoms with Gasteiger partial charge in [0.15, 0.2) is 5.65 Å². The molecule has 0 amide bonds. The average Bonchev–Trinajstić information content (AvgIpc) is 3.09. The number of ether oxygens (including phenoxy) is 1. The number of alkyl halides is 4. The lowest BCUT2D eigenvalue weighted by molar-refractivity contribution is -0.154. The molecule has 1 atom stereocenters. The summed E-state index contributed by atoms with van der Waals surface area (Å²) >= 11 is 6.60. The molecule has 0 aliphatic carbocycles. The van der Waals surface area contributed by atoms with E-state index in [1.807, 2.05) is 25.1 Å². The number of nitrogens with zero attached hydrogens (tertiary/aromatic N) is 3. The van der Waals surface area contributed by atoms with Gasteiger partial charge in [-0.3, -0.25) is 9.20 Å². The summed E-state index contributed by atoms with van der Waals surface area (Å²) in [5.74, 6) is -1.40. The summed E-state index contributed by atoms with van der Waals surface area (Å²) in [6.07, 6.45) is -3.35. The largest absolute Gasteiger partial charge is 0.460 e. The molecule has 9 heteroatoms. The molecule has 30 heavy (non-hydrogen) atoms. The lowest BCUT2D eigenvalue weighted by Crippen LogP contribution is -2.22. The zero-order valence-corrected chi connectivity index (χ0v) is 17.7. The van der Waals surface area contributed by atoms with Gasteiger partial charge in [0.25, 0.3) is 0 Å². The molecule has 0 saturated carbocycles. The maximum atomic E-state index is 13.0. The van der Waals surface area contributed by atoms with Gasteiger partial charge in [-0.2, -0.15) is 13.2 Å². The number of aryl methyl sites for hydroxylation is 1. The quantitative estimate of drug-likeness (QED) is 0.399. The van der Waals surface area contributed by atoms with E-state index in [0.717, 1.165) is 21.1 Å². The lowest BCUT2D eigenvalue weighted by Gasteiger charge is -2.18. The molecule has 0 radical (unpaired) electrons. The Balaban J connectivity index is 1.86. The Morgan fingerprint density at radius 2 is 1.80 bits per heavy atom. The van der Waals surface area contributed by atoms with Gasteiger partial charge in [-0.15, -0.1) is 21.8 Å². The Kier molecular flexibility index (Phi) is 5.82. The normalized spacial score (nSPS) is 13.5. The third-order valence-electron chi connectivity index (χ3n) is 4.62. The lowest BCUT2D eigenvalue weighted by atomic mass is 9.97. The minimum Gasteiger partial charge on any atom is -0.460 e. The van der Waals surface area contributed by atoms with Crippen molar-refractivity contribution in [3.63, 3.8) is 0 Å². The molecule has 3 aromatic rings. The highest BCUT2D eigenvalue weighted by atomic mass is 35.5. The first-order valence-electron chi connectivity index (χ1n) is 9.20. The standard InChI is InChI=1S/C21H21ClF3N3O2/c1-12-5-6-13(9-15(12)11-30-19(29)20(2,3)4)17(22)14-7-8-28-16(10-14)26-27-18(28)21(23,24)25/h5-10,17H,11H2,1-4H3. The van der Waals surface area contributed by atoms with Crippen molar-refractivity contribution in [3.8, 4) is 0 Å². The first kappa shape index (κ1) is 22.1. The highest BCUT2D eigenvalue weighted by Gasteiger charge is 2.37. The molecule has 0 spiro atoms. The zero-order valence-electron chi connectivity index (χ0n) is 16.9. The van der Waals surface area contributed by atoms with Crippen LogP contribution in [0.2, 0.25) is 0 Å². The van der Waals surface area contributed by atoms with Crippen LogP contribution < -0.4 is 0 Å². The number of rotatable bonds is 4. The van der Waals surface area contributed by atoms with E-state index >= 15 is 0 Å². The average molecular weight is 440 g/mol. The van der Waals surface area contributed by atoms with E-state index in [1.54, 1.807) is 20.8 Å². The third-order valence-corrected chi connectivity index (χ3v) is 5.12. The van der Waals surface area contributed by atoms with Gasteiger partial charge in [0.05, 0.1) is 10.8 Å². The first-order valence-corrected chi connectivity index (χ1v) is 9.64. The fourth-order valence-electron chi connectivity index (χ4n) is 2.81. The van der Waals surface area contributed by atoms with E-state index in [2.05, 4.69) is 10.2 Å². The van der Waals surface area contributed by atoms with E-state index < -0.39 is 22.8 Å². The first-order chi connectivity index (χ1) is 13.9. The van der Waals surface area contributed by atoms with E-state index in [-0.39, 0.29) is 18.2 Å². The Bertz CT molecular complexity index is 1090. The number of carbonyl (C=O) groups is 1. The molecule has 0 aliphatic heterocycles. The fourth-order valence-corrected chi connectivity index (χ4v) is 3.09. The van der Waals surface area contributed by atoms with Crippen molar-refractivity contribution >= 4 is 23.2 Å². The Morgan fingerprint density at radius 3 is 2.43 bits per heavy atom. The molecule has 2 aromatic heterocycles. The van der Waals surface area contributed by atoms with E-state index in [9.17, 15) is 18.0 Å². The van der Waals surface area contributed by atoms with Gasteiger partial charge in [0.2, 0.25) is 5.82 Å². The summed E-state index contributed by atoms with van der Waals surface area (Å²) in [6, 6.07) is 8.50. The number of benzene rings is 1. The van der Waals surface area contributed by atoms with Gasteiger partial charge in [0.1, 0.15) is 6.61 Å². The fraction of sp³-hybridized carbons (Fsp3) is 0.381. The molecule has 0 aliphatic rings. The highest BCUT2D eigenvalue weighted by Crippen LogP contribution is 2.33. The molecule has 0 bridgehead atoms. The zero-order chi connectivity index (χ0) is 22.3. The second-order valence-electron chi connectivity index (χ2n) is 8.08. The summed E-state index contributed by atoms with van der Waals surface area (Å²) in [5, 5.41) is 6.20. The van der Waals surface area contributed by atoms with Gasteiger partial charge < -0.3 is 4.74 Å². The van der Waals surface area contributed by atoms with Gasteiger partial charge in [-0.1, -0.05) is 18.2 Å². The molecule has 1 aromatic carbocycles. The number of aromatic nitrogens is 3. The van der Waals surface area contributed by atoms with E-state index in [1.165, 1.54) is 18.3 Å². The van der Waals surface area contributed by atoms with Crippen LogP contribution in [0.1, 0.15) is 54.2 Å². The van der Waals surface area contributed by atoms with Crippen molar-refractivity contribution in [2.45, 2.75) is 45.9 Å². The second kappa shape index (κ2) is 7.91. The Hall–Kier alpha value is -2.61. The maximum Gasteiger partial charge on any atom is 0.452 e. The van der Waals surface area contributed by atoms with E-state index in [0.29, 0.717) is 5.56 Å². The van der Waals surface area contributed by atoms with Crippen LogP contribution in [0.15, 0.2) is 36.5 Å². The van der Waals surface area contributed by atoms with Crippen LogP contribution in [-0.2, 0) is 22.3 Å². The monoisotopic (exact) mass is 439 g/mol. The van der Waals surface area contributed by atoms with Crippen LogP contribution >= 0.6 is 11.6 Å². The predicted molar refractivity (Wildman–Crippen MR) is 106 cm³/mol. The number of hydrogen-bond donors (Lipinski definition) is 0. The number of fused-ring (bicyclic) bond motifs is 1. The van der Waals surface area contributed by atoms with Crippen molar-refractivity contribution in [1.82, 2.24) is 14.6 Å². The predicted octanol–water partition coefficient (Wildman–Crippen LogP) is 5.47. The number of halogens is 4. The van der Waals surface area contributed by atoms with Gasteiger partial charge in [-0.05, 0) is 62.1 Å². The summed E-state index contributed by atoms with van der Waals surface area (Å²) in [4.78, 5) is 12.0. The smallest absolute Gasteiger partial charge is 0.452 e. The molecular weight excluding hydrogens is 419 g/mol. The molecule has 0 fully saturated rings. The van der Waals surface area contributed by atoms with E-state index in [4.69, 9.17) is 16.3 Å². The molecule has 3 rings (SSSR count). The molecular formula is C21H21ClF3N3O2. The number of carbonyl (C=O) groups excluding carboxylic acids is 1. The molecule has 1 unspecified atom stereocenters.